The molecule has 1 rings (SSSR count). The Labute approximate surface area is 127 Å². The Kier molecular flexibility index (Phi) is 9.61. The maximum absolute atomic E-state index is 2.59. The van der Waals surface area contributed by atoms with E-state index in [9.17, 15) is 0 Å². The fraction of sp³-hybridized carbons (Fsp3) is 0.889. The van der Waals surface area contributed by atoms with Crippen molar-refractivity contribution in [2.75, 3.05) is 13.1 Å². The SMILES string of the molecule is CCCCCCCC1N(CCC)C=CN1CCCCC. The molecule has 0 spiro atoms. The molecule has 20 heavy (non-hydrogen) atoms. The molecule has 2 heteroatoms. The first-order chi connectivity index (χ1) is 9.83. The third kappa shape index (κ3) is 6.19. The van der Waals surface area contributed by atoms with Crippen molar-refractivity contribution in [2.45, 2.75) is 91.1 Å². The summed E-state index contributed by atoms with van der Waals surface area (Å²) >= 11 is 0. The molecule has 0 saturated carbocycles. The second-order valence-electron chi connectivity index (χ2n) is 6.16. The molecule has 0 saturated heterocycles. The van der Waals surface area contributed by atoms with Crippen molar-refractivity contribution in [3.8, 4) is 0 Å². The zero-order valence-corrected chi connectivity index (χ0v) is 14.1. The van der Waals surface area contributed by atoms with Crippen LogP contribution in [0.15, 0.2) is 12.4 Å². The van der Waals surface area contributed by atoms with Gasteiger partial charge in [-0.1, -0.05) is 59.3 Å². The molecule has 1 aliphatic heterocycles. The monoisotopic (exact) mass is 280 g/mol. The summed E-state index contributed by atoms with van der Waals surface area (Å²) in [7, 11) is 0. The molecule has 0 aromatic rings. The van der Waals surface area contributed by atoms with Gasteiger partial charge in [0.15, 0.2) is 0 Å². The van der Waals surface area contributed by atoms with Gasteiger partial charge in [0, 0.05) is 25.5 Å². The van der Waals surface area contributed by atoms with E-state index in [0.717, 1.165) is 0 Å². The molecule has 1 heterocycles. The van der Waals surface area contributed by atoms with E-state index in [2.05, 4.69) is 43.0 Å². The van der Waals surface area contributed by atoms with E-state index in [1.54, 1.807) is 0 Å². The maximum Gasteiger partial charge on any atom is 0.101 e. The van der Waals surface area contributed by atoms with Gasteiger partial charge in [0.2, 0.25) is 0 Å². The van der Waals surface area contributed by atoms with E-state index in [-0.39, 0.29) is 0 Å². The van der Waals surface area contributed by atoms with E-state index in [1.807, 2.05) is 0 Å². The minimum absolute atomic E-state index is 0.647. The van der Waals surface area contributed by atoms with Crippen LogP contribution in [0.4, 0.5) is 0 Å². The maximum atomic E-state index is 2.59. The van der Waals surface area contributed by atoms with Crippen LogP contribution in [0.3, 0.4) is 0 Å². The highest BCUT2D eigenvalue weighted by Gasteiger charge is 2.24. The fourth-order valence-corrected chi connectivity index (χ4v) is 3.07. The molecular formula is C18H36N2. The predicted octanol–water partition coefficient (Wildman–Crippen LogP) is 5.36. The second kappa shape index (κ2) is 11.0. The molecule has 118 valence electrons. The number of nitrogens with zero attached hydrogens (tertiary/aromatic N) is 2. The Morgan fingerprint density at radius 3 is 1.90 bits per heavy atom. The van der Waals surface area contributed by atoms with Crippen LogP contribution < -0.4 is 0 Å². The Morgan fingerprint density at radius 2 is 1.25 bits per heavy atom. The highest BCUT2D eigenvalue weighted by molar-refractivity contribution is 4.96. The van der Waals surface area contributed by atoms with Crippen LogP contribution in [-0.4, -0.2) is 29.1 Å². The van der Waals surface area contributed by atoms with Crippen molar-refractivity contribution >= 4 is 0 Å². The molecule has 0 fully saturated rings. The van der Waals surface area contributed by atoms with Crippen LogP contribution in [0.1, 0.15) is 85.0 Å². The summed E-state index contributed by atoms with van der Waals surface area (Å²) in [6.45, 7) is 9.31. The van der Waals surface area contributed by atoms with Crippen LogP contribution in [0.5, 0.6) is 0 Å². The van der Waals surface area contributed by atoms with Gasteiger partial charge in [0.25, 0.3) is 0 Å². The largest absolute Gasteiger partial charge is 0.356 e. The van der Waals surface area contributed by atoms with E-state index in [0.29, 0.717) is 6.17 Å². The first kappa shape index (κ1) is 17.4. The van der Waals surface area contributed by atoms with Crippen molar-refractivity contribution in [3.05, 3.63) is 12.4 Å². The fourth-order valence-electron chi connectivity index (χ4n) is 3.07. The lowest BCUT2D eigenvalue weighted by Crippen LogP contribution is -2.39. The molecular weight excluding hydrogens is 244 g/mol. The van der Waals surface area contributed by atoms with Crippen molar-refractivity contribution < 1.29 is 0 Å². The average molecular weight is 280 g/mol. The molecule has 1 unspecified atom stereocenters. The average Bonchev–Trinajstić information content (AvgIpc) is 2.82. The number of unbranched alkanes of at least 4 members (excludes halogenated alkanes) is 6. The number of rotatable bonds is 12. The van der Waals surface area contributed by atoms with E-state index < -0.39 is 0 Å². The molecule has 0 aromatic heterocycles. The van der Waals surface area contributed by atoms with Crippen LogP contribution >= 0.6 is 0 Å². The first-order valence-corrected chi connectivity index (χ1v) is 9.03. The van der Waals surface area contributed by atoms with Gasteiger partial charge in [0.05, 0.1) is 0 Å². The van der Waals surface area contributed by atoms with Crippen LogP contribution in [0, 0.1) is 0 Å². The summed E-state index contributed by atoms with van der Waals surface area (Å²) in [6, 6.07) is 0. The molecule has 0 aliphatic carbocycles. The lowest BCUT2D eigenvalue weighted by molar-refractivity contribution is 0.137. The van der Waals surface area contributed by atoms with Gasteiger partial charge in [0.1, 0.15) is 6.17 Å². The van der Waals surface area contributed by atoms with Gasteiger partial charge in [-0.05, 0) is 25.7 Å². The Hall–Kier alpha value is -0.660. The van der Waals surface area contributed by atoms with Gasteiger partial charge in [-0.15, -0.1) is 0 Å². The molecule has 0 bridgehead atoms. The van der Waals surface area contributed by atoms with Crippen molar-refractivity contribution in [1.82, 2.24) is 9.80 Å². The molecule has 1 atom stereocenters. The molecule has 0 radical (unpaired) electrons. The minimum atomic E-state index is 0.647. The molecule has 2 nitrogen and oxygen atoms in total. The summed E-state index contributed by atoms with van der Waals surface area (Å²) in [6.07, 6.45) is 18.9. The van der Waals surface area contributed by atoms with Crippen LogP contribution in [0.25, 0.3) is 0 Å². The van der Waals surface area contributed by atoms with Gasteiger partial charge >= 0.3 is 0 Å². The Bertz CT molecular complexity index is 250. The van der Waals surface area contributed by atoms with Gasteiger partial charge < -0.3 is 9.80 Å². The molecule has 0 aromatic carbocycles. The topological polar surface area (TPSA) is 6.48 Å². The minimum Gasteiger partial charge on any atom is -0.356 e. The van der Waals surface area contributed by atoms with Crippen LogP contribution in [-0.2, 0) is 0 Å². The van der Waals surface area contributed by atoms with Crippen molar-refractivity contribution in [3.63, 3.8) is 0 Å². The second-order valence-corrected chi connectivity index (χ2v) is 6.16. The summed E-state index contributed by atoms with van der Waals surface area (Å²) in [5.74, 6) is 0. The van der Waals surface area contributed by atoms with Gasteiger partial charge in [-0.25, -0.2) is 0 Å². The van der Waals surface area contributed by atoms with Gasteiger partial charge in [-0.3, -0.25) is 0 Å². The zero-order valence-electron chi connectivity index (χ0n) is 14.1. The molecule has 0 amide bonds. The quantitative estimate of drug-likeness (QED) is 0.444. The summed E-state index contributed by atoms with van der Waals surface area (Å²) in [5, 5.41) is 0. The van der Waals surface area contributed by atoms with Crippen molar-refractivity contribution in [2.24, 2.45) is 0 Å². The molecule has 0 N–H and O–H groups in total. The van der Waals surface area contributed by atoms with E-state index >= 15 is 0 Å². The number of hydrogen-bond acceptors (Lipinski definition) is 2. The summed E-state index contributed by atoms with van der Waals surface area (Å²) < 4.78 is 0. The van der Waals surface area contributed by atoms with E-state index in [4.69, 9.17) is 0 Å². The summed E-state index contributed by atoms with van der Waals surface area (Å²) in [5.41, 5.74) is 0. The lowest BCUT2D eigenvalue weighted by atomic mass is 10.1. The van der Waals surface area contributed by atoms with E-state index in [1.165, 1.54) is 77.3 Å². The normalized spacial score (nSPS) is 18.2. The first-order valence-electron chi connectivity index (χ1n) is 9.03. The predicted molar refractivity (Wildman–Crippen MR) is 89.5 cm³/mol. The standard InChI is InChI=1S/C18H36N2/c1-4-7-9-10-11-13-18-19(14-6-3)16-17-20(18)15-12-8-5-2/h16-18H,4-15H2,1-3H3. The Morgan fingerprint density at radius 1 is 0.650 bits per heavy atom. The van der Waals surface area contributed by atoms with Gasteiger partial charge in [-0.2, -0.15) is 0 Å². The highest BCUT2D eigenvalue weighted by atomic mass is 15.4. The van der Waals surface area contributed by atoms with Crippen LogP contribution in [0.2, 0.25) is 0 Å². The highest BCUT2D eigenvalue weighted by Crippen LogP contribution is 2.22. The van der Waals surface area contributed by atoms with Crippen molar-refractivity contribution in [1.29, 1.82) is 0 Å². The zero-order chi connectivity index (χ0) is 14.6. The third-order valence-corrected chi connectivity index (χ3v) is 4.28. The summed E-state index contributed by atoms with van der Waals surface area (Å²) in [4.78, 5) is 5.15. The third-order valence-electron chi connectivity index (χ3n) is 4.28. The molecule has 1 aliphatic rings. The lowest BCUT2D eigenvalue weighted by Gasteiger charge is -2.33. The number of hydrogen-bond donors (Lipinski definition) is 0. The smallest absolute Gasteiger partial charge is 0.101 e. The Balaban J connectivity index is 2.33.